The van der Waals surface area contributed by atoms with E-state index in [-0.39, 0.29) is 5.91 Å². The molecule has 0 aromatic heterocycles. The molecule has 2 aromatic carbocycles. The zero-order valence-electron chi connectivity index (χ0n) is 8.74. The summed E-state index contributed by atoms with van der Waals surface area (Å²) in [7, 11) is 1.83. The van der Waals surface area contributed by atoms with Crippen molar-refractivity contribution in [2.24, 2.45) is 0 Å². The SMILES string of the molecule is Cc1ccc2c3c(cccc13)C(=O)N2C. The summed E-state index contributed by atoms with van der Waals surface area (Å²) in [6.45, 7) is 2.08. The van der Waals surface area contributed by atoms with Gasteiger partial charge in [-0.05, 0) is 30.0 Å². The van der Waals surface area contributed by atoms with E-state index in [9.17, 15) is 4.79 Å². The fourth-order valence-electron chi connectivity index (χ4n) is 2.28. The molecule has 1 heterocycles. The molecule has 0 aliphatic carbocycles. The van der Waals surface area contributed by atoms with Crippen LogP contribution in [0.25, 0.3) is 10.8 Å². The molecule has 0 fully saturated rings. The molecular weight excluding hydrogens is 186 g/mol. The number of amides is 1. The van der Waals surface area contributed by atoms with Crippen LogP contribution < -0.4 is 4.90 Å². The van der Waals surface area contributed by atoms with E-state index in [1.54, 1.807) is 4.90 Å². The fraction of sp³-hybridized carbons (Fsp3) is 0.154. The molecule has 1 amide bonds. The summed E-state index contributed by atoms with van der Waals surface area (Å²) in [5, 5.41) is 2.28. The highest BCUT2D eigenvalue weighted by atomic mass is 16.2. The van der Waals surface area contributed by atoms with E-state index in [1.807, 2.05) is 25.2 Å². The predicted octanol–water partition coefficient (Wildman–Crippen LogP) is 2.74. The number of rotatable bonds is 0. The summed E-state index contributed by atoms with van der Waals surface area (Å²) in [6.07, 6.45) is 0. The van der Waals surface area contributed by atoms with Gasteiger partial charge in [-0.1, -0.05) is 18.2 Å². The largest absolute Gasteiger partial charge is 0.311 e. The number of carbonyl (C=O) groups is 1. The van der Waals surface area contributed by atoms with Gasteiger partial charge in [-0.15, -0.1) is 0 Å². The van der Waals surface area contributed by atoms with E-state index >= 15 is 0 Å². The van der Waals surface area contributed by atoms with E-state index in [0.717, 1.165) is 16.6 Å². The second kappa shape index (κ2) is 2.60. The lowest BCUT2D eigenvalue weighted by Gasteiger charge is -2.10. The summed E-state index contributed by atoms with van der Waals surface area (Å²) in [5.41, 5.74) is 3.07. The number of nitrogens with zero attached hydrogens (tertiary/aromatic N) is 1. The van der Waals surface area contributed by atoms with Crippen LogP contribution in [0, 0.1) is 6.92 Å². The number of aryl methyl sites for hydroxylation is 1. The molecule has 1 aliphatic heterocycles. The van der Waals surface area contributed by atoms with Gasteiger partial charge in [-0.3, -0.25) is 4.79 Å². The molecule has 0 radical (unpaired) electrons. The maximum absolute atomic E-state index is 11.9. The third kappa shape index (κ3) is 0.911. The van der Waals surface area contributed by atoms with Crippen LogP contribution in [-0.2, 0) is 0 Å². The van der Waals surface area contributed by atoms with Crippen molar-refractivity contribution in [2.45, 2.75) is 6.92 Å². The molecule has 1 aliphatic rings. The first-order valence-electron chi connectivity index (χ1n) is 5.00. The minimum absolute atomic E-state index is 0.0983. The first-order valence-corrected chi connectivity index (χ1v) is 5.00. The number of anilines is 1. The third-order valence-electron chi connectivity index (χ3n) is 3.13. The quantitative estimate of drug-likeness (QED) is 0.636. The molecule has 0 unspecified atom stereocenters. The van der Waals surface area contributed by atoms with Crippen LogP contribution in [0.5, 0.6) is 0 Å². The first-order chi connectivity index (χ1) is 7.20. The lowest BCUT2D eigenvalue weighted by atomic mass is 10.0. The van der Waals surface area contributed by atoms with Gasteiger partial charge in [0, 0.05) is 18.0 Å². The standard InChI is InChI=1S/C13H11NO/c1-8-6-7-11-12-9(8)4-3-5-10(12)13(15)14(11)2/h3-7H,1-2H3. The first kappa shape index (κ1) is 8.48. The summed E-state index contributed by atoms with van der Waals surface area (Å²) in [5.74, 6) is 0.0983. The van der Waals surface area contributed by atoms with Gasteiger partial charge in [0.2, 0.25) is 0 Å². The Balaban J connectivity index is 2.56. The Morgan fingerprint density at radius 1 is 1.13 bits per heavy atom. The van der Waals surface area contributed by atoms with Gasteiger partial charge in [0.1, 0.15) is 0 Å². The van der Waals surface area contributed by atoms with Crippen molar-refractivity contribution in [2.75, 3.05) is 11.9 Å². The third-order valence-corrected chi connectivity index (χ3v) is 3.13. The van der Waals surface area contributed by atoms with Gasteiger partial charge in [-0.25, -0.2) is 0 Å². The van der Waals surface area contributed by atoms with E-state index in [1.165, 1.54) is 10.9 Å². The molecule has 3 rings (SSSR count). The number of hydrogen-bond acceptors (Lipinski definition) is 1. The summed E-state index contributed by atoms with van der Waals surface area (Å²) in [6, 6.07) is 10.0. The van der Waals surface area contributed by atoms with E-state index in [2.05, 4.69) is 19.1 Å². The van der Waals surface area contributed by atoms with Crippen LogP contribution >= 0.6 is 0 Å². The van der Waals surface area contributed by atoms with Gasteiger partial charge in [0.15, 0.2) is 0 Å². The van der Waals surface area contributed by atoms with Crippen molar-refractivity contribution in [3.8, 4) is 0 Å². The predicted molar refractivity (Wildman–Crippen MR) is 61.4 cm³/mol. The summed E-state index contributed by atoms with van der Waals surface area (Å²) >= 11 is 0. The molecule has 2 heteroatoms. The molecular formula is C13H11NO. The average molecular weight is 197 g/mol. The van der Waals surface area contributed by atoms with Crippen LogP contribution in [0.2, 0.25) is 0 Å². The van der Waals surface area contributed by atoms with Crippen molar-refractivity contribution in [1.82, 2.24) is 0 Å². The maximum Gasteiger partial charge on any atom is 0.258 e. The van der Waals surface area contributed by atoms with E-state index in [0.29, 0.717) is 0 Å². The van der Waals surface area contributed by atoms with Crippen LogP contribution in [0.1, 0.15) is 15.9 Å². The Bertz CT molecular complexity index is 586. The van der Waals surface area contributed by atoms with Gasteiger partial charge in [0.05, 0.1) is 5.69 Å². The Morgan fingerprint density at radius 3 is 2.73 bits per heavy atom. The van der Waals surface area contributed by atoms with Crippen LogP contribution in [0.4, 0.5) is 5.69 Å². The monoisotopic (exact) mass is 197 g/mol. The van der Waals surface area contributed by atoms with E-state index in [4.69, 9.17) is 0 Å². The molecule has 0 bridgehead atoms. The zero-order chi connectivity index (χ0) is 10.6. The molecule has 0 N–H and O–H groups in total. The molecule has 74 valence electrons. The number of hydrogen-bond donors (Lipinski definition) is 0. The highest BCUT2D eigenvalue weighted by Gasteiger charge is 2.26. The van der Waals surface area contributed by atoms with Crippen molar-refractivity contribution in [3.63, 3.8) is 0 Å². The topological polar surface area (TPSA) is 20.3 Å². The van der Waals surface area contributed by atoms with E-state index < -0.39 is 0 Å². The van der Waals surface area contributed by atoms with Crippen molar-refractivity contribution >= 4 is 22.4 Å². The zero-order valence-corrected chi connectivity index (χ0v) is 8.74. The van der Waals surface area contributed by atoms with Crippen molar-refractivity contribution < 1.29 is 4.79 Å². The van der Waals surface area contributed by atoms with Crippen molar-refractivity contribution in [1.29, 1.82) is 0 Å². The van der Waals surface area contributed by atoms with Gasteiger partial charge >= 0.3 is 0 Å². The molecule has 2 nitrogen and oxygen atoms in total. The molecule has 15 heavy (non-hydrogen) atoms. The van der Waals surface area contributed by atoms with Crippen LogP contribution in [0.3, 0.4) is 0 Å². The van der Waals surface area contributed by atoms with Crippen molar-refractivity contribution in [3.05, 3.63) is 41.5 Å². The average Bonchev–Trinajstić information content (AvgIpc) is 2.50. The normalized spacial score (nSPS) is 14.0. The number of carbonyl (C=O) groups excluding carboxylic acids is 1. The highest BCUT2D eigenvalue weighted by molar-refractivity contribution is 6.25. The molecule has 2 aromatic rings. The van der Waals surface area contributed by atoms with Gasteiger partial charge in [0.25, 0.3) is 5.91 Å². The van der Waals surface area contributed by atoms with Gasteiger partial charge in [-0.2, -0.15) is 0 Å². The number of benzene rings is 2. The molecule has 0 saturated carbocycles. The lowest BCUT2D eigenvalue weighted by molar-refractivity contribution is 0.0999. The minimum Gasteiger partial charge on any atom is -0.311 e. The highest BCUT2D eigenvalue weighted by Crippen LogP contribution is 2.37. The van der Waals surface area contributed by atoms with Crippen LogP contribution in [0.15, 0.2) is 30.3 Å². The second-order valence-corrected chi connectivity index (χ2v) is 3.99. The smallest absolute Gasteiger partial charge is 0.258 e. The molecule has 0 saturated heterocycles. The Kier molecular flexibility index (Phi) is 1.47. The fourth-order valence-corrected chi connectivity index (χ4v) is 2.28. The van der Waals surface area contributed by atoms with Crippen LogP contribution in [-0.4, -0.2) is 13.0 Å². The maximum atomic E-state index is 11.9. The Labute approximate surface area is 88.1 Å². The Hall–Kier alpha value is -1.83. The molecule has 0 spiro atoms. The molecule has 0 atom stereocenters. The second-order valence-electron chi connectivity index (χ2n) is 3.99. The summed E-state index contributed by atoms with van der Waals surface area (Å²) in [4.78, 5) is 13.6. The minimum atomic E-state index is 0.0983. The Morgan fingerprint density at radius 2 is 1.93 bits per heavy atom. The lowest BCUT2D eigenvalue weighted by Crippen LogP contribution is -2.20. The van der Waals surface area contributed by atoms with Gasteiger partial charge < -0.3 is 4.90 Å². The summed E-state index contributed by atoms with van der Waals surface area (Å²) < 4.78 is 0.